The predicted molar refractivity (Wildman–Crippen MR) is 67.5 cm³/mol. The first-order valence-electron chi connectivity index (χ1n) is 5.88. The van der Waals surface area contributed by atoms with Crippen LogP contribution in [0, 0.1) is 5.92 Å². The maximum atomic E-state index is 12.0. The second kappa shape index (κ2) is 4.03. The summed E-state index contributed by atoms with van der Waals surface area (Å²) in [7, 11) is 0. The molecule has 1 amide bonds. The molecule has 3 rings (SSSR count). The van der Waals surface area contributed by atoms with Crippen LogP contribution >= 0.6 is 0 Å². The molecule has 2 heterocycles. The van der Waals surface area contributed by atoms with E-state index in [1.54, 1.807) is 24.4 Å². The molecule has 2 atom stereocenters. The number of anilines is 1. The third-order valence-electron chi connectivity index (χ3n) is 3.37. The van der Waals surface area contributed by atoms with E-state index >= 15 is 0 Å². The van der Waals surface area contributed by atoms with Crippen molar-refractivity contribution in [3.8, 4) is 5.75 Å². The summed E-state index contributed by atoms with van der Waals surface area (Å²) in [6, 6.07) is 5.00. The number of phenols is 1. The van der Waals surface area contributed by atoms with E-state index in [1.165, 1.54) is 0 Å². The predicted octanol–water partition coefficient (Wildman–Crippen LogP) is 1.85. The van der Waals surface area contributed by atoms with Gasteiger partial charge >= 0.3 is 0 Å². The number of benzene rings is 1. The van der Waals surface area contributed by atoms with E-state index < -0.39 is 0 Å². The number of aromatic nitrogens is 1. The number of nitrogens with one attached hydrogen (secondary N) is 2. The number of amides is 1. The molecule has 5 heteroatoms. The van der Waals surface area contributed by atoms with Crippen LogP contribution in [0.25, 0.3) is 10.9 Å². The van der Waals surface area contributed by atoms with Crippen molar-refractivity contribution >= 4 is 22.5 Å². The summed E-state index contributed by atoms with van der Waals surface area (Å²) in [5.41, 5.74) is 1.56. The number of hydrogen-bond donors (Lipinski definition) is 3. The van der Waals surface area contributed by atoms with Crippen LogP contribution in [0.2, 0.25) is 0 Å². The highest BCUT2D eigenvalue weighted by molar-refractivity contribution is 6.03. The molecule has 94 valence electrons. The van der Waals surface area contributed by atoms with Gasteiger partial charge in [0.1, 0.15) is 5.75 Å². The summed E-state index contributed by atoms with van der Waals surface area (Å²) >= 11 is 0. The average molecular weight is 246 g/mol. The first-order chi connectivity index (χ1) is 8.65. The normalized spacial score (nSPS) is 22.7. The van der Waals surface area contributed by atoms with Crippen molar-refractivity contribution in [3.05, 3.63) is 24.4 Å². The Balaban J connectivity index is 1.86. The highest BCUT2D eigenvalue weighted by Crippen LogP contribution is 2.28. The van der Waals surface area contributed by atoms with Crippen LogP contribution in [0.5, 0.6) is 5.75 Å². The lowest BCUT2D eigenvalue weighted by atomic mass is 9.98. The zero-order valence-corrected chi connectivity index (χ0v) is 9.93. The molecular formula is C13H14N2O3. The molecule has 2 unspecified atom stereocenters. The SMILES string of the molecule is CC1OCC1C(=O)Nc1c[nH]c2ccc(O)cc12. The van der Waals surface area contributed by atoms with Gasteiger partial charge in [-0.25, -0.2) is 0 Å². The molecular weight excluding hydrogens is 232 g/mol. The van der Waals surface area contributed by atoms with E-state index in [9.17, 15) is 9.90 Å². The summed E-state index contributed by atoms with van der Waals surface area (Å²) in [4.78, 5) is 15.0. The largest absolute Gasteiger partial charge is 0.508 e. The lowest BCUT2D eigenvalue weighted by Crippen LogP contribution is -2.45. The van der Waals surface area contributed by atoms with E-state index in [2.05, 4.69) is 10.3 Å². The quantitative estimate of drug-likeness (QED) is 0.757. The number of rotatable bonds is 2. The number of aromatic hydroxyl groups is 1. The van der Waals surface area contributed by atoms with E-state index in [1.807, 2.05) is 6.92 Å². The van der Waals surface area contributed by atoms with Crippen LogP contribution in [-0.2, 0) is 9.53 Å². The Kier molecular flexibility index (Phi) is 2.48. The molecule has 0 spiro atoms. The summed E-state index contributed by atoms with van der Waals surface area (Å²) in [6.07, 6.45) is 1.70. The zero-order chi connectivity index (χ0) is 12.7. The Bertz CT molecular complexity index is 605. The zero-order valence-electron chi connectivity index (χ0n) is 9.93. The highest BCUT2D eigenvalue weighted by Gasteiger charge is 2.34. The molecule has 2 aromatic rings. The van der Waals surface area contributed by atoms with Gasteiger partial charge in [0.15, 0.2) is 0 Å². The molecule has 1 aliphatic rings. The second-order valence-electron chi connectivity index (χ2n) is 4.57. The van der Waals surface area contributed by atoms with Crippen LogP contribution in [0.3, 0.4) is 0 Å². The number of carbonyl (C=O) groups is 1. The van der Waals surface area contributed by atoms with Crippen molar-refractivity contribution in [1.82, 2.24) is 4.98 Å². The topological polar surface area (TPSA) is 74.3 Å². The second-order valence-corrected chi connectivity index (χ2v) is 4.57. The molecule has 18 heavy (non-hydrogen) atoms. The van der Waals surface area contributed by atoms with E-state index in [-0.39, 0.29) is 23.7 Å². The lowest BCUT2D eigenvalue weighted by Gasteiger charge is -2.32. The van der Waals surface area contributed by atoms with Gasteiger partial charge in [-0.15, -0.1) is 0 Å². The fourth-order valence-corrected chi connectivity index (χ4v) is 2.11. The van der Waals surface area contributed by atoms with E-state index in [4.69, 9.17) is 4.74 Å². The summed E-state index contributed by atoms with van der Waals surface area (Å²) in [5, 5.41) is 13.1. The van der Waals surface area contributed by atoms with Crippen LogP contribution in [-0.4, -0.2) is 28.7 Å². The Morgan fingerprint density at radius 1 is 1.56 bits per heavy atom. The van der Waals surface area contributed by atoms with Crippen LogP contribution in [0.1, 0.15) is 6.92 Å². The fraction of sp³-hybridized carbons (Fsp3) is 0.308. The molecule has 1 aliphatic heterocycles. The fourth-order valence-electron chi connectivity index (χ4n) is 2.11. The molecule has 1 aromatic carbocycles. The number of ether oxygens (including phenoxy) is 1. The summed E-state index contributed by atoms with van der Waals surface area (Å²) in [5.74, 6) is 0.0446. The van der Waals surface area contributed by atoms with Gasteiger partial charge in [-0.3, -0.25) is 4.79 Å². The minimum Gasteiger partial charge on any atom is -0.508 e. The number of phenolic OH excluding ortho intramolecular Hbond substituents is 1. The molecule has 0 radical (unpaired) electrons. The van der Waals surface area contributed by atoms with E-state index in [0.29, 0.717) is 12.3 Å². The number of hydrogen-bond acceptors (Lipinski definition) is 3. The maximum Gasteiger partial charge on any atom is 0.232 e. The molecule has 0 aliphatic carbocycles. The van der Waals surface area contributed by atoms with Crippen molar-refractivity contribution < 1.29 is 14.6 Å². The standard InChI is InChI=1S/C13H14N2O3/c1-7-10(6-18-7)13(17)15-12-5-14-11-3-2-8(16)4-9(11)12/h2-5,7,10,14,16H,6H2,1H3,(H,15,17). The Morgan fingerprint density at radius 3 is 3.06 bits per heavy atom. The number of aromatic amines is 1. The van der Waals surface area contributed by atoms with Gasteiger partial charge in [0.05, 0.1) is 24.3 Å². The van der Waals surface area contributed by atoms with Crippen LogP contribution in [0.15, 0.2) is 24.4 Å². The van der Waals surface area contributed by atoms with Crippen molar-refractivity contribution in [2.75, 3.05) is 11.9 Å². The third kappa shape index (κ3) is 1.73. The molecule has 1 saturated heterocycles. The Labute approximate surface area is 104 Å². The first-order valence-corrected chi connectivity index (χ1v) is 5.88. The minimum absolute atomic E-state index is 0.0244. The molecule has 1 fully saturated rings. The monoisotopic (exact) mass is 246 g/mol. The summed E-state index contributed by atoms with van der Waals surface area (Å²) in [6.45, 7) is 2.36. The average Bonchev–Trinajstić information content (AvgIpc) is 2.70. The van der Waals surface area contributed by atoms with Gasteiger partial charge in [-0.1, -0.05) is 0 Å². The Morgan fingerprint density at radius 2 is 2.39 bits per heavy atom. The van der Waals surface area contributed by atoms with Crippen molar-refractivity contribution in [2.45, 2.75) is 13.0 Å². The van der Waals surface area contributed by atoms with Gasteiger partial charge in [0.2, 0.25) is 5.91 Å². The first kappa shape index (κ1) is 11.1. The van der Waals surface area contributed by atoms with Crippen LogP contribution in [0.4, 0.5) is 5.69 Å². The number of H-pyrrole nitrogens is 1. The highest BCUT2D eigenvalue weighted by atomic mass is 16.5. The third-order valence-corrected chi connectivity index (χ3v) is 3.37. The van der Waals surface area contributed by atoms with Gasteiger partial charge in [-0.05, 0) is 25.1 Å². The molecule has 1 aromatic heterocycles. The smallest absolute Gasteiger partial charge is 0.232 e. The molecule has 0 saturated carbocycles. The van der Waals surface area contributed by atoms with Gasteiger partial charge in [0.25, 0.3) is 0 Å². The van der Waals surface area contributed by atoms with E-state index in [0.717, 1.165) is 10.9 Å². The van der Waals surface area contributed by atoms with Gasteiger partial charge in [0, 0.05) is 17.1 Å². The lowest BCUT2D eigenvalue weighted by molar-refractivity contribution is -0.147. The van der Waals surface area contributed by atoms with Crippen molar-refractivity contribution in [2.24, 2.45) is 5.92 Å². The molecule has 5 nitrogen and oxygen atoms in total. The minimum atomic E-state index is -0.0905. The maximum absolute atomic E-state index is 12.0. The number of carbonyl (C=O) groups excluding carboxylic acids is 1. The van der Waals surface area contributed by atoms with Gasteiger partial charge < -0.3 is 20.1 Å². The summed E-state index contributed by atoms with van der Waals surface area (Å²) < 4.78 is 5.18. The van der Waals surface area contributed by atoms with Crippen molar-refractivity contribution in [1.29, 1.82) is 0 Å². The van der Waals surface area contributed by atoms with Gasteiger partial charge in [-0.2, -0.15) is 0 Å². The number of fused-ring (bicyclic) bond motifs is 1. The van der Waals surface area contributed by atoms with Crippen molar-refractivity contribution in [3.63, 3.8) is 0 Å². The molecule has 0 bridgehead atoms. The Hall–Kier alpha value is -2.01. The molecule has 3 N–H and O–H groups in total. The van der Waals surface area contributed by atoms with Crippen LogP contribution < -0.4 is 5.32 Å².